The zero-order valence-electron chi connectivity index (χ0n) is 7.34. The fourth-order valence-corrected chi connectivity index (χ4v) is 2.43. The van der Waals surface area contributed by atoms with Crippen LogP contribution in [0.5, 0.6) is 0 Å². The Hall–Kier alpha value is -0.0800. The first kappa shape index (κ1) is 7.56. The smallest absolute Gasteiger partial charge is 0.0107 e. The molecule has 0 unspecified atom stereocenters. The molecule has 0 aromatic rings. The van der Waals surface area contributed by atoms with Gasteiger partial charge in [0.15, 0.2) is 0 Å². The van der Waals surface area contributed by atoms with Crippen LogP contribution in [-0.4, -0.2) is 38.1 Å². The van der Waals surface area contributed by atoms with Crippen LogP contribution in [0.25, 0.3) is 0 Å². The molecule has 0 spiro atoms. The van der Waals surface area contributed by atoms with Crippen molar-refractivity contribution >= 4 is 0 Å². The Labute approximate surface area is 69.0 Å². The van der Waals surface area contributed by atoms with E-state index >= 15 is 0 Å². The number of hydrogen-bond donors (Lipinski definition) is 1. The Morgan fingerprint density at radius 1 is 1.27 bits per heavy atom. The second-order valence-corrected chi connectivity index (χ2v) is 4.07. The topological polar surface area (TPSA) is 15.3 Å². The van der Waals surface area contributed by atoms with E-state index in [9.17, 15) is 0 Å². The number of nitrogens with one attached hydrogen (secondary N) is 1. The van der Waals surface area contributed by atoms with Gasteiger partial charge < -0.3 is 10.2 Å². The number of nitrogens with zero attached hydrogens (tertiary/aromatic N) is 1. The van der Waals surface area contributed by atoms with Gasteiger partial charge in [0.2, 0.25) is 0 Å². The van der Waals surface area contributed by atoms with Crippen molar-refractivity contribution in [3.05, 3.63) is 0 Å². The van der Waals surface area contributed by atoms with Gasteiger partial charge in [-0.2, -0.15) is 0 Å². The van der Waals surface area contributed by atoms with Gasteiger partial charge in [-0.1, -0.05) is 0 Å². The maximum Gasteiger partial charge on any atom is 0.0107 e. The minimum Gasteiger partial charge on any atom is -0.318 e. The summed E-state index contributed by atoms with van der Waals surface area (Å²) < 4.78 is 0. The van der Waals surface area contributed by atoms with Crippen LogP contribution in [0.2, 0.25) is 0 Å². The molecule has 0 aromatic heterocycles. The molecule has 1 aliphatic carbocycles. The van der Waals surface area contributed by atoms with E-state index in [-0.39, 0.29) is 0 Å². The van der Waals surface area contributed by atoms with Crippen molar-refractivity contribution in [1.29, 1.82) is 0 Å². The monoisotopic (exact) mass is 154 g/mol. The van der Waals surface area contributed by atoms with E-state index in [0.717, 1.165) is 18.4 Å². The second kappa shape index (κ2) is 3.11. The maximum absolute atomic E-state index is 3.20. The predicted molar refractivity (Wildman–Crippen MR) is 46.6 cm³/mol. The Morgan fingerprint density at radius 3 is 2.45 bits per heavy atom. The molecule has 2 bridgehead atoms. The van der Waals surface area contributed by atoms with E-state index in [1.165, 1.54) is 32.5 Å². The van der Waals surface area contributed by atoms with E-state index in [0.29, 0.717) is 0 Å². The molecule has 1 saturated carbocycles. The van der Waals surface area contributed by atoms with Crippen LogP contribution in [0.1, 0.15) is 12.8 Å². The van der Waals surface area contributed by atoms with E-state index in [1.54, 1.807) is 0 Å². The van der Waals surface area contributed by atoms with Crippen molar-refractivity contribution in [1.82, 2.24) is 10.2 Å². The summed E-state index contributed by atoms with van der Waals surface area (Å²) in [4.78, 5) is 2.61. The van der Waals surface area contributed by atoms with Crippen LogP contribution in [0.3, 0.4) is 0 Å². The summed E-state index contributed by atoms with van der Waals surface area (Å²) in [5.74, 6) is 2.12. The van der Waals surface area contributed by atoms with Crippen LogP contribution < -0.4 is 5.32 Å². The number of piperidine rings is 2. The second-order valence-electron chi connectivity index (χ2n) is 4.07. The van der Waals surface area contributed by atoms with E-state index in [1.807, 2.05) is 7.05 Å². The van der Waals surface area contributed by atoms with E-state index < -0.39 is 0 Å². The van der Waals surface area contributed by atoms with Gasteiger partial charge in [-0.05, 0) is 31.7 Å². The average molecular weight is 154 g/mol. The molecule has 0 aromatic carbocycles. The molecule has 1 N–H and O–H groups in total. The molecule has 3 fully saturated rings. The summed E-state index contributed by atoms with van der Waals surface area (Å²) in [5.41, 5.74) is 0. The van der Waals surface area contributed by atoms with Crippen molar-refractivity contribution in [2.24, 2.45) is 11.8 Å². The highest BCUT2D eigenvalue weighted by atomic mass is 15.2. The third-order valence-electron chi connectivity index (χ3n) is 3.04. The van der Waals surface area contributed by atoms with Gasteiger partial charge >= 0.3 is 0 Å². The summed E-state index contributed by atoms with van der Waals surface area (Å²) in [6, 6.07) is 0. The molecule has 11 heavy (non-hydrogen) atoms. The Kier molecular flexibility index (Phi) is 2.14. The predicted octanol–water partition coefficient (Wildman–Crippen LogP) is 0.548. The first-order valence-corrected chi connectivity index (χ1v) is 4.75. The quantitative estimate of drug-likeness (QED) is 0.638. The molecule has 2 heterocycles. The van der Waals surface area contributed by atoms with Crippen LogP contribution >= 0.6 is 0 Å². The molecule has 2 aliphatic heterocycles. The summed E-state index contributed by atoms with van der Waals surface area (Å²) in [7, 11) is 2.03. The molecule has 2 nitrogen and oxygen atoms in total. The highest BCUT2D eigenvalue weighted by molar-refractivity contribution is 4.89. The van der Waals surface area contributed by atoms with Gasteiger partial charge in [-0.3, -0.25) is 0 Å². The fourth-order valence-electron chi connectivity index (χ4n) is 2.43. The Bertz CT molecular complexity index is 120. The van der Waals surface area contributed by atoms with Crippen molar-refractivity contribution in [3.63, 3.8) is 0 Å². The maximum atomic E-state index is 3.20. The van der Waals surface area contributed by atoms with Crippen LogP contribution in [0, 0.1) is 11.8 Å². The normalized spacial score (nSPS) is 36.8. The fraction of sp³-hybridized carbons (Fsp3) is 1.00. The Morgan fingerprint density at radius 2 is 1.91 bits per heavy atom. The molecular weight excluding hydrogens is 136 g/mol. The highest BCUT2D eigenvalue weighted by Crippen LogP contribution is 2.39. The molecule has 0 atom stereocenters. The molecule has 0 amide bonds. The summed E-state index contributed by atoms with van der Waals surface area (Å²) in [6.45, 7) is 5.15. The first-order valence-electron chi connectivity index (χ1n) is 4.75. The molecule has 3 rings (SSSR count). The SMILES string of the molecule is CNCCN1CC2CC(C2)C1. The number of rotatable bonds is 3. The zero-order valence-corrected chi connectivity index (χ0v) is 7.34. The van der Waals surface area contributed by atoms with Crippen molar-refractivity contribution in [2.75, 3.05) is 33.2 Å². The number of fused-ring (bicyclic) bond motifs is 2. The summed E-state index contributed by atoms with van der Waals surface area (Å²) >= 11 is 0. The lowest BCUT2D eigenvalue weighted by atomic mass is 9.71. The standard InChI is InChI=1S/C9H18N2/c1-10-2-3-11-6-8-4-9(5-8)7-11/h8-10H,2-7H2,1H3. The van der Waals surface area contributed by atoms with Crippen LogP contribution in [-0.2, 0) is 0 Å². The lowest BCUT2D eigenvalue weighted by Crippen LogP contribution is -2.49. The minimum atomic E-state index is 1.06. The molecule has 0 radical (unpaired) electrons. The van der Waals surface area contributed by atoms with Gasteiger partial charge in [0.25, 0.3) is 0 Å². The highest BCUT2D eigenvalue weighted by Gasteiger charge is 2.36. The Balaban J connectivity index is 1.70. The zero-order chi connectivity index (χ0) is 7.68. The summed E-state index contributed by atoms with van der Waals surface area (Å²) in [5, 5.41) is 3.20. The van der Waals surface area contributed by atoms with Crippen LogP contribution in [0.15, 0.2) is 0 Å². The molecular formula is C9H18N2. The average Bonchev–Trinajstić information content (AvgIpc) is 2.00. The third-order valence-corrected chi connectivity index (χ3v) is 3.04. The van der Waals surface area contributed by atoms with Crippen molar-refractivity contribution in [3.8, 4) is 0 Å². The molecule has 3 aliphatic rings. The lowest BCUT2D eigenvalue weighted by Gasteiger charge is -2.47. The van der Waals surface area contributed by atoms with E-state index in [2.05, 4.69) is 10.2 Å². The minimum absolute atomic E-state index is 1.06. The van der Waals surface area contributed by atoms with Crippen molar-refractivity contribution < 1.29 is 0 Å². The molecule has 64 valence electrons. The number of likely N-dealkylation sites (N-methyl/N-ethyl adjacent to an activating group) is 1. The van der Waals surface area contributed by atoms with Gasteiger partial charge in [0.05, 0.1) is 0 Å². The van der Waals surface area contributed by atoms with Crippen LogP contribution in [0.4, 0.5) is 0 Å². The lowest BCUT2D eigenvalue weighted by molar-refractivity contribution is 0.0287. The third kappa shape index (κ3) is 1.57. The van der Waals surface area contributed by atoms with E-state index in [4.69, 9.17) is 0 Å². The number of hydrogen-bond acceptors (Lipinski definition) is 2. The first-order chi connectivity index (χ1) is 5.38. The van der Waals surface area contributed by atoms with Gasteiger partial charge in [-0.15, -0.1) is 0 Å². The molecule has 2 saturated heterocycles. The van der Waals surface area contributed by atoms with Gasteiger partial charge in [0, 0.05) is 26.2 Å². The van der Waals surface area contributed by atoms with Gasteiger partial charge in [-0.25, -0.2) is 0 Å². The largest absolute Gasteiger partial charge is 0.318 e. The summed E-state index contributed by atoms with van der Waals surface area (Å²) in [6.07, 6.45) is 3.05. The van der Waals surface area contributed by atoms with Crippen molar-refractivity contribution in [2.45, 2.75) is 12.8 Å². The molecule has 2 heteroatoms. The van der Waals surface area contributed by atoms with Gasteiger partial charge in [0.1, 0.15) is 0 Å².